The zero-order chi connectivity index (χ0) is 10.6. The zero-order valence-corrected chi connectivity index (χ0v) is 11.3. The molecule has 0 heterocycles. The number of allylic oxidation sites excluding steroid dienone is 1. The molecule has 0 fully saturated rings. The molecule has 0 aliphatic rings. The molecule has 0 saturated heterocycles. The summed E-state index contributed by atoms with van der Waals surface area (Å²) in [5.41, 5.74) is 1.72. The Morgan fingerprint density at radius 2 is 2.07 bits per heavy atom. The highest BCUT2D eigenvalue weighted by atomic mass is 127. The van der Waals surface area contributed by atoms with Crippen molar-refractivity contribution in [3.8, 4) is 0 Å². The van der Waals surface area contributed by atoms with E-state index in [9.17, 15) is 0 Å². The van der Waals surface area contributed by atoms with Gasteiger partial charge in [-0.25, -0.2) is 0 Å². The maximum absolute atomic E-state index is 3.77. The van der Waals surface area contributed by atoms with Crippen molar-refractivity contribution in [2.45, 2.75) is 26.2 Å². The van der Waals surface area contributed by atoms with E-state index in [1.807, 2.05) is 6.08 Å². The van der Waals surface area contributed by atoms with Gasteiger partial charge in [-0.3, -0.25) is 0 Å². The molecule has 0 N–H and O–H groups in total. The molecule has 1 aromatic carbocycles. The Labute approximate surface area is 97.7 Å². The predicted octanol–water partition coefficient (Wildman–Crippen LogP) is 0.429. The summed E-state index contributed by atoms with van der Waals surface area (Å²) in [7, 11) is 0. The van der Waals surface area contributed by atoms with Gasteiger partial charge >= 0.3 is 21.2 Å². The molecule has 0 amide bonds. The summed E-state index contributed by atoms with van der Waals surface area (Å²) in [6.45, 7) is 10.6. The molecule has 0 aliphatic carbocycles. The summed E-state index contributed by atoms with van der Waals surface area (Å²) >= 11 is 0.144. The Balaban J connectivity index is 2.84. The molecule has 0 nitrogen and oxygen atoms in total. The van der Waals surface area contributed by atoms with Crippen molar-refractivity contribution in [3.63, 3.8) is 0 Å². The third-order valence-electron chi connectivity index (χ3n) is 2.03. The van der Waals surface area contributed by atoms with Crippen LogP contribution in [0.3, 0.4) is 0 Å². The molecule has 0 radical (unpaired) electrons. The second kappa shape index (κ2) is 4.96. The average Bonchev–Trinajstić information content (AvgIpc) is 2.14. The predicted molar refractivity (Wildman–Crippen MR) is 58.9 cm³/mol. The van der Waals surface area contributed by atoms with Crippen LogP contribution in [-0.2, 0) is 5.41 Å². The Hall–Kier alpha value is -0.310. The molecule has 0 atom stereocenters. The molecule has 14 heavy (non-hydrogen) atoms. The molecular formula is C13H18I+. The van der Waals surface area contributed by atoms with Crippen molar-refractivity contribution < 1.29 is 21.2 Å². The lowest BCUT2D eigenvalue weighted by Gasteiger charge is -2.18. The van der Waals surface area contributed by atoms with Crippen molar-refractivity contribution in [2.75, 3.05) is 4.43 Å². The average molecular weight is 301 g/mol. The third kappa shape index (κ3) is 3.45. The molecule has 76 valence electrons. The van der Waals surface area contributed by atoms with Gasteiger partial charge in [0.25, 0.3) is 0 Å². The number of alkyl halides is 1. The van der Waals surface area contributed by atoms with Gasteiger partial charge in [0.05, 0.1) is 0 Å². The molecule has 0 spiro atoms. The van der Waals surface area contributed by atoms with E-state index in [1.54, 1.807) is 0 Å². The van der Waals surface area contributed by atoms with E-state index in [0.29, 0.717) is 0 Å². The maximum atomic E-state index is 3.77. The maximum Gasteiger partial charge on any atom is 0.317 e. The summed E-state index contributed by atoms with van der Waals surface area (Å²) in [6.07, 6.45) is 2.02. The van der Waals surface area contributed by atoms with Gasteiger partial charge in [-0.1, -0.05) is 39.5 Å². The minimum Gasteiger partial charge on any atom is -0.0989 e. The highest BCUT2D eigenvalue weighted by molar-refractivity contribution is 5.21. The summed E-state index contributed by atoms with van der Waals surface area (Å²) in [5, 5.41) is 0. The summed E-state index contributed by atoms with van der Waals surface area (Å²) in [5.74, 6) is 0. The highest BCUT2D eigenvalue weighted by Gasteiger charge is 2.17. The second-order valence-electron chi connectivity index (χ2n) is 4.34. The molecular weight excluding hydrogens is 283 g/mol. The lowest BCUT2D eigenvalue weighted by molar-refractivity contribution is -0.617. The van der Waals surface area contributed by atoms with E-state index < -0.39 is 0 Å². The molecule has 1 rings (SSSR count). The Morgan fingerprint density at radius 3 is 2.64 bits per heavy atom. The van der Waals surface area contributed by atoms with Crippen molar-refractivity contribution in [3.05, 3.63) is 46.1 Å². The fraction of sp³-hybridized carbons (Fsp3) is 0.385. The first-order valence-corrected chi connectivity index (χ1v) is 7.45. The first-order chi connectivity index (χ1) is 6.54. The van der Waals surface area contributed by atoms with E-state index in [4.69, 9.17) is 0 Å². The normalized spacial score (nSPS) is 11.4. The van der Waals surface area contributed by atoms with Crippen LogP contribution in [0.1, 0.15) is 26.3 Å². The fourth-order valence-electron chi connectivity index (χ4n) is 1.18. The lowest BCUT2D eigenvalue weighted by atomic mass is 9.87. The lowest BCUT2D eigenvalue weighted by Crippen LogP contribution is -3.62. The smallest absolute Gasteiger partial charge is 0.0989 e. The van der Waals surface area contributed by atoms with Gasteiger partial charge in [-0.15, -0.1) is 0 Å². The fourth-order valence-corrected chi connectivity index (χ4v) is 3.02. The minimum atomic E-state index is 0.144. The van der Waals surface area contributed by atoms with Gasteiger partial charge in [0.2, 0.25) is 0 Å². The highest BCUT2D eigenvalue weighted by Crippen LogP contribution is 2.20. The van der Waals surface area contributed by atoms with Gasteiger partial charge in [0.15, 0.2) is 8.00 Å². The number of halogens is 1. The first kappa shape index (κ1) is 11.8. The van der Waals surface area contributed by atoms with Crippen molar-refractivity contribution in [1.82, 2.24) is 0 Å². The van der Waals surface area contributed by atoms with Crippen LogP contribution in [0.5, 0.6) is 0 Å². The van der Waals surface area contributed by atoms with Gasteiger partial charge in [-0.05, 0) is 29.2 Å². The first-order valence-electron chi connectivity index (χ1n) is 4.84. The van der Waals surface area contributed by atoms with E-state index in [1.165, 1.54) is 13.6 Å². The zero-order valence-electron chi connectivity index (χ0n) is 9.18. The molecule has 1 heteroatoms. The largest absolute Gasteiger partial charge is 0.317 e. The van der Waals surface area contributed by atoms with Crippen LogP contribution in [-0.4, -0.2) is 4.43 Å². The van der Waals surface area contributed by atoms with Crippen LogP contribution in [0.15, 0.2) is 36.9 Å². The molecule has 0 bridgehead atoms. The SMILES string of the molecule is C=CC[I+]c1cccc(C(C)(C)C)c1. The van der Waals surface area contributed by atoms with Crippen LogP contribution in [0.4, 0.5) is 0 Å². The summed E-state index contributed by atoms with van der Waals surface area (Å²) in [6, 6.07) is 9.00. The quantitative estimate of drug-likeness (QED) is 0.431. The number of benzene rings is 1. The van der Waals surface area contributed by atoms with E-state index in [2.05, 4.69) is 51.6 Å². The Kier molecular flexibility index (Phi) is 4.17. The van der Waals surface area contributed by atoms with Gasteiger partial charge in [-0.2, -0.15) is 0 Å². The Morgan fingerprint density at radius 1 is 1.36 bits per heavy atom. The van der Waals surface area contributed by atoms with Crippen LogP contribution in [0.25, 0.3) is 0 Å². The van der Waals surface area contributed by atoms with Crippen molar-refractivity contribution >= 4 is 0 Å². The van der Waals surface area contributed by atoms with Crippen molar-refractivity contribution in [2.24, 2.45) is 0 Å². The van der Waals surface area contributed by atoms with Crippen molar-refractivity contribution in [1.29, 1.82) is 0 Å². The molecule has 0 aliphatic heterocycles. The second-order valence-corrected chi connectivity index (χ2v) is 7.23. The van der Waals surface area contributed by atoms with Crippen LogP contribution >= 0.6 is 0 Å². The standard InChI is InChI=1S/C13H18I/c1-5-9-14-12-8-6-7-11(10-12)13(2,3)4/h5-8,10H,1,9H2,2-4H3/q+1. The van der Waals surface area contributed by atoms with Gasteiger partial charge in [0, 0.05) is 0 Å². The molecule has 0 unspecified atom stereocenters. The summed E-state index contributed by atoms with van der Waals surface area (Å²) < 4.78 is 2.70. The Bertz CT molecular complexity index is 307. The number of hydrogen-bond donors (Lipinski definition) is 0. The number of hydrogen-bond acceptors (Lipinski definition) is 0. The van der Waals surface area contributed by atoms with Crippen LogP contribution < -0.4 is 21.2 Å². The third-order valence-corrected chi connectivity index (χ3v) is 4.65. The molecule has 0 aromatic heterocycles. The number of rotatable bonds is 3. The summed E-state index contributed by atoms with van der Waals surface area (Å²) in [4.78, 5) is 0. The van der Waals surface area contributed by atoms with E-state index in [0.717, 1.165) is 0 Å². The monoisotopic (exact) mass is 301 g/mol. The van der Waals surface area contributed by atoms with Gasteiger partial charge in [0.1, 0.15) is 0 Å². The van der Waals surface area contributed by atoms with E-state index >= 15 is 0 Å². The van der Waals surface area contributed by atoms with E-state index in [-0.39, 0.29) is 26.6 Å². The van der Waals surface area contributed by atoms with Crippen LogP contribution in [0.2, 0.25) is 0 Å². The van der Waals surface area contributed by atoms with Crippen LogP contribution in [0, 0.1) is 3.57 Å². The topological polar surface area (TPSA) is 0 Å². The minimum absolute atomic E-state index is 0.144. The molecule has 0 saturated carbocycles. The van der Waals surface area contributed by atoms with Gasteiger partial charge < -0.3 is 0 Å². The molecule has 1 aromatic rings.